The highest BCUT2D eigenvalue weighted by Crippen LogP contribution is 2.55. The normalized spacial score (nSPS) is 15.6. The molecule has 0 fully saturated rings. The third-order valence-corrected chi connectivity index (χ3v) is 31.7. The highest BCUT2D eigenvalue weighted by atomic mass is 16.7. The molecule has 0 atom stereocenters. The Labute approximate surface area is 854 Å². The molecule has 6 heterocycles. The summed E-state index contributed by atoms with van der Waals surface area (Å²) in [5.74, 6) is 9.52. The van der Waals surface area contributed by atoms with Crippen molar-refractivity contribution in [3.05, 3.63) is 361 Å². The lowest BCUT2D eigenvalue weighted by atomic mass is 9.78. The molecule has 0 amide bonds. The lowest BCUT2D eigenvalue weighted by Crippen LogP contribution is -2.18. The van der Waals surface area contributed by atoms with E-state index < -0.39 is 0 Å². The molecular formula is C132H142O12. The van der Waals surface area contributed by atoms with Gasteiger partial charge in [-0.1, -0.05) is 158 Å². The van der Waals surface area contributed by atoms with Crippen LogP contribution in [-0.4, -0.2) is 66.4 Å². The Balaban J connectivity index is 0.000000103. The van der Waals surface area contributed by atoms with Crippen molar-refractivity contribution >= 4 is 0 Å². The second kappa shape index (κ2) is 44.1. The number of aryl methyl sites for hydroxylation is 26. The van der Waals surface area contributed by atoms with Crippen LogP contribution in [0.4, 0.5) is 0 Å². The molecule has 0 aromatic heterocycles. The average molecular weight is 1920 g/mol. The van der Waals surface area contributed by atoms with Crippen LogP contribution < -0.4 is 56.8 Å². The quantitative estimate of drug-likeness (QED) is 0.164. The number of ether oxygens (including phenoxy) is 12. The summed E-state index contributed by atoms with van der Waals surface area (Å²) in [6.45, 7) is 35.8. The van der Waals surface area contributed by atoms with Gasteiger partial charge in [-0.05, 0) is 477 Å². The van der Waals surface area contributed by atoms with Gasteiger partial charge in [-0.3, -0.25) is 0 Å². The predicted octanol–water partition coefficient (Wildman–Crippen LogP) is 30.3. The number of hydrogen-bond donors (Lipinski definition) is 0. The highest BCUT2D eigenvalue weighted by molar-refractivity contribution is 5.89. The maximum atomic E-state index is 5.91. The molecule has 0 unspecified atom stereocenters. The molecule has 0 N–H and O–H groups in total. The third-order valence-electron chi connectivity index (χ3n) is 31.7. The minimum atomic E-state index is 0.261. The topological polar surface area (TPSA) is 111 Å². The molecule has 8 bridgehead atoms. The first-order chi connectivity index (χ1) is 70.2. The summed E-state index contributed by atoms with van der Waals surface area (Å²) in [5, 5.41) is 0. The van der Waals surface area contributed by atoms with Crippen LogP contribution in [0.15, 0.2) is 194 Å². The Morgan fingerprint density at radius 3 is 0.542 bits per heavy atom. The minimum Gasteiger partial charge on any atom is -0.486 e. The van der Waals surface area contributed by atoms with Crippen molar-refractivity contribution in [3.63, 3.8) is 0 Å². The fourth-order valence-electron chi connectivity index (χ4n) is 23.9. The van der Waals surface area contributed by atoms with Crippen molar-refractivity contribution in [3.8, 4) is 125 Å². The van der Waals surface area contributed by atoms with E-state index in [9.17, 15) is 0 Å². The van der Waals surface area contributed by atoms with Crippen LogP contribution in [0.3, 0.4) is 0 Å². The summed E-state index contributed by atoms with van der Waals surface area (Å²) < 4.78 is 68.9. The van der Waals surface area contributed by atoms with Gasteiger partial charge in [0.2, 0.25) is 13.6 Å². The summed E-state index contributed by atoms with van der Waals surface area (Å²) in [5.41, 5.74) is 56.1. The van der Waals surface area contributed by atoms with Crippen molar-refractivity contribution in [2.75, 3.05) is 66.4 Å². The molecule has 0 saturated carbocycles. The van der Waals surface area contributed by atoms with Crippen LogP contribution in [0.2, 0.25) is 0 Å². The molecule has 12 nitrogen and oxygen atoms in total. The Bertz CT molecular complexity index is 6130. The molecule has 742 valence electrons. The standard InChI is InChI=1S/2C22H26.2C18H18O4.2C18H20.C16H14O4/c2*1-15-11-13-17-7-3-5-9-19(17)21(15)22-16(2)12-14-18-8-4-6-10-20(18)22;2*1-11-3-5-13-17(21-9-7-19-13)15(11)16-12(2)4-6-14-18(16)22-10-8-20-14;2*1-13-11-15-3-7-17(13)9-5-16-4-8-18(10-6-15)14(2)12-16;1-9-3-5-11-15(19-7-17-11)13(9)14-10(2)4-6-12-16(14)20-8-18-12/h2*11-14H,3-10H2,1-2H3;2*3-6H,7-10H2,1-2H3;2*3-4,7-8,11-12H,5-6,9-10H2,1-2H3;3-6H,7-8H2,1-2H3. The molecule has 144 heavy (non-hydrogen) atoms. The van der Waals surface area contributed by atoms with Crippen molar-refractivity contribution < 1.29 is 56.8 Å². The van der Waals surface area contributed by atoms with Gasteiger partial charge >= 0.3 is 0 Å². The van der Waals surface area contributed by atoms with E-state index in [4.69, 9.17) is 56.8 Å². The number of hydrogen-bond acceptors (Lipinski definition) is 12. The van der Waals surface area contributed by atoms with E-state index in [1.807, 2.05) is 48.5 Å². The number of benzene rings is 14. The first-order valence-electron chi connectivity index (χ1n) is 53.4. The van der Waals surface area contributed by atoms with Crippen molar-refractivity contribution in [1.29, 1.82) is 0 Å². The first-order valence-corrected chi connectivity index (χ1v) is 53.4. The van der Waals surface area contributed by atoms with Gasteiger partial charge in [0.05, 0.1) is 0 Å². The molecule has 12 aliphatic carbocycles. The van der Waals surface area contributed by atoms with E-state index in [1.54, 1.807) is 66.8 Å². The fraction of sp³-hybridized carbons (Fsp3) is 0.364. The molecule has 14 aromatic rings. The molecule has 0 saturated heterocycles. The number of rotatable bonds is 5. The zero-order chi connectivity index (χ0) is 99.2. The molecule has 18 aliphatic rings. The smallest absolute Gasteiger partial charge is 0.231 e. The predicted molar refractivity (Wildman–Crippen MR) is 584 cm³/mol. The van der Waals surface area contributed by atoms with Crippen LogP contribution in [-0.2, 0) is 103 Å². The molecule has 0 spiro atoms. The average Bonchev–Trinajstić information content (AvgIpc) is 1.70. The van der Waals surface area contributed by atoms with E-state index in [-0.39, 0.29) is 13.6 Å². The second-order valence-electron chi connectivity index (χ2n) is 41.6. The van der Waals surface area contributed by atoms with E-state index in [0.29, 0.717) is 52.9 Å². The molecule has 14 aromatic carbocycles. The zero-order valence-corrected chi connectivity index (χ0v) is 87.4. The minimum absolute atomic E-state index is 0.261. The Hall–Kier alpha value is -13.3. The van der Waals surface area contributed by atoms with Gasteiger partial charge in [0.25, 0.3) is 0 Å². The van der Waals surface area contributed by atoms with Crippen molar-refractivity contribution in [1.82, 2.24) is 0 Å². The molecule has 12 heteroatoms. The van der Waals surface area contributed by atoms with E-state index in [0.717, 1.165) is 187 Å². The second-order valence-corrected chi connectivity index (χ2v) is 41.6. The monoisotopic (exact) mass is 1920 g/mol. The largest absolute Gasteiger partial charge is 0.486 e. The van der Waals surface area contributed by atoms with E-state index in [2.05, 4.69) is 243 Å². The van der Waals surface area contributed by atoms with Crippen molar-refractivity contribution in [2.45, 2.75) is 251 Å². The highest BCUT2D eigenvalue weighted by Gasteiger charge is 2.34. The SMILES string of the molecule is Cc1cc2ccc1CCc1ccc(c(C)c1)CC2.Cc1cc2ccc1CCc1ccc(c(C)c1)CC2.Cc1ccc2c(c1-c1c(C)ccc3c1CCCC3)CCCC2.Cc1ccc2c(c1-c1c(C)ccc3c1CCCC3)CCCC2.Cc1ccc2c(c1-c1c(C)ccc3c1OCCO3)OCCO2.Cc1ccc2c(c1-c1c(C)ccc3c1OCCO3)OCCO2.Cc1ccc2c(c1-c1c(C)ccc3c1OCO3)OCO2. The van der Waals surface area contributed by atoms with Crippen LogP contribution in [0.25, 0.3) is 55.6 Å². The van der Waals surface area contributed by atoms with E-state index >= 15 is 0 Å². The van der Waals surface area contributed by atoms with Gasteiger partial charge in [0.15, 0.2) is 69.0 Å². The van der Waals surface area contributed by atoms with Gasteiger partial charge in [-0.15, -0.1) is 0 Å². The van der Waals surface area contributed by atoms with Crippen LogP contribution in [0, 0.1) is 96.9 Å². The number of fused-ring (bicyclic) bond motifs is 10. The Kier molecular flexibility index (Phi) is 30.0. The van der Waals surface area contributed by atoms with Gasteiger partial charge in [-0.2, -0.15) is 0 Å². The Morgan fingerprint density at radius 2 is 0.319 bits per heavy atom. The van der Waals surface area contributed by atoms with Crippen LogP contribution >= 0.6 is 0 Å². The van der Waals surface area contributed by atoms with Gasteiger partial charge in [0.1, 0.15) is 52.9 Å². The summed E-state index contributed by atoms with van der Waals surface area (Å²) in [6, 6.07) is 71.1. The third kappa shape index (κ3) is 20.9. The molecule has 32 rings (SSSR count). The van der Waals surface area contributed by atoms with Crippen LogP contribution in [0.5, 0.6) is 69.0 Å². The van der Waals surface area contributed by atoms with Gasteiger partial charge in [0, 0.05) is 33.4 Å². The summed E-state index contributed by atoms with van der Waals surface area (Å²) >= 11 is 0. The summed E-state index contributed by atoms with van der Waals surface area (Å²) in [4.78, 5) is 0. The lowest BCUT2D eigenvalue weighted by molar-refractivity contribution is 0.169. The van der Waals surface area contributed by atoms with Gasteiger partial charge in [-0.25, -0.2) is 0 Å². The fourth-order valence-corrected chi connectivity index (χ4v) is 23.9. The molecule has 0 radical (unpaired) electrons. The maximum Gasteiger partial charge on any atom is 0.231 e. The van der Waals surface area contributed by atoms with Gasteiger partial charge < -0.3 is 56.8 Å². The van der Waals surface area contributed by atoms with Crippen molar-refractivity contribution in [2.24, 2.45) is 0 Å². The van der Waals surface area contributed by atoms with E-state index in [1.165, 1.54) is 192 Å². The summed E-state index contributed by atoms with van der Waals surface area (Å²) in [6.07, 6.45) is 30.3. The Morgan fingerprint density at radius 1 is 0.139 bits per heavy atom. The maximum absolute atomic E-state index is 5.91. The molecular weight excluding hydrogens is 1780 g/mol. The summed E-state index contributed by atoms with van der Waals surface area (Å²) in [7, 11) is 0. The molecule has 6 aliphatic heterocycles. The first kappa shape index (κ1) is 98.1. The lowest BCUT2D eigenvalue weighted by Gasteiger charge is -2.27. The zero-order valence-electron chi connectivity index (χ0n) is 87.4. The van der Waals surface area contributed by atoms with Crippen LogP contribution in [0.1, 0.15) is 218 Å².